The molecule has 212 valence electrons. The molecule has 0 unspecified atom stereocenters. The van der Waals surface area contributed by atoms with Gasteiger partial charge in [-0.3, -0.25) is 4.57 Å². The van der Waals surface area contributed by atoms with Gasteiger partial charge in [-0.2, -0.15) is 0 Å². The van der Waals surface area contributed by atoms with Gasteiger partial charge in [-0.25, -0.2) is 9.97 Å². The van der Waals surface area contributed by atoms with Crippen LogP contribution < -0.4 is 5.32 Å². The molecule has 5 aromatic carbocycles. The van der Waals surface area contributed by atoms with Gasteiger partial charge in [-0.15, -0.1) is 0 Å². The molecule has 9 rings (SSSR count). The summed E-state index contributed by atoms with van der Waals surface area (Å²) in [7, 11) is 0. The Balaban J connectivity index is 1.24. The Morgan fingerprint density at radius 2 is 1.07 bits per heavy atom. The first kappa shape index (κ1) is 25.5. The number of aromatic nitrogens is 3. The van der Waals surface area contributed by atoms with Crippen molar-refractivity contribution in [3.05, 3.63) is 157 Å². The number of para-hydroxylation sites is 1. The third-order valence-electron chi connectivity index (χ3n) is 8.88. The van der Waals surface area contributed by atoms with Crippen LogP contribution in [0.5, 0.6) is 0 Å². The molecule has 4 heterocycles. The average Bonchev–Trinajstić information content (AvgIpc) is 3.45. The van der Waals surface area contributed by atoms with Crippen LogP contribution in [0.25, 0.3) is 78.1 Å². The van der Waals surface area contributed by atoms with Crippen LogP contribution in [-0.2, 0) is 6.54 Å². The number of hydrogen-bond donors (Lipinski definition) is 1. The van der Waals surface area contributed by atoms with Crippen LogP contribution in [0.1, 0.15) is 11.3 Å². The van der Waals surface area contributed by atoms with E-state index in [1.54, 1.807) is 0 Å². The van der Waals surface area contributed by atoms with Crippen molar-refractivity contribution in [1.82, 2.24) is 19.9 Å². The lowest BCUT2D eigenvalue weighted by atomic mass is 9.87. The molecule has 1 aliphatic heterocycles. The van der Waals surface area contributed by atoms with Crippen molar-refractivity contribution in [3.63, 3.8) is 0 Å². The summed E-state index contributed by atoms with van der Waals surface area (Å²) < 4.78 is 2.26. The van der Waals surface area contributed by atoms with Crippen molar-refractivity contribution >= 4 is 38.5 Å². The SMILES string of the molecule is C1=Cc2c(c3ccccc3n2-c2cccc(-c3cccc(-c4c5ccccc5c(-c5ccccc5)c5ccccc45)n3)n2)CN1. The van der Waals surface area contributed by atoms with Crippen LogP contribution in [0.4, 0.5) is 0 Å². The van der Waals surface area contributed by atoms with Gasteiger partial charge >= 0.3 is 0 Å². The minimum atomic E-state index is 0.799. The third-order valence-corrected chi connectivity index (χ3v) is 8.88. The van der Waals surface area contributed by atoms with E-state index in [0.717, 1.165) is 46.2 Å². The molecule has 0 atom stereocenters. The Kier molecular flexibility index (Phi) is 5.85. The first-order valence-electron chi connectivity index (χ1n) is 15.3. The zero-order valence-corrected chi connectivity index (χ0v) is 24.5. The zero-order valence-electron chi connectivity index (χ0n) is 24.5. The molecule has 0 radical (unpaired) electrons. The fourth-order valence-electron chi connectivity index (χ4n) is 6.96. The molecule has 8 aromatic rings. The summed E-state index contributed by atoms with van der Waals surface area (Å²) in [5, 5.41) is 9.43. The third kappa shape index (κ3) is 4.07. The van der Waals surface area contributed by atoms with E-state index in [1.165, 1.54) is 43.6 Å². The molecule has 1 N–H and O–H groups in total. The molecule has 0 spiro atoms. The van der Waals surface area contributed by atoms with E-state index in [0.29, 0.717) is 0 Å². The van der Waals surface area contributed by atoms with Crippen LogP contribution in [0.3, 0.4) is 0 Å². The van der Waals surface area contributed by atoms with Crippen molar-refractivity contribution in [3.8, 4) is 39.6 Å². The molecule has 45 heavy (non-hydrogen) atoms. The van der Waals surface area contributed by atoms with E-state index in [2.05, 4.69) is 155 Å². The number of fused-ring (bicyclic) bond motifs is 5. The molecule has 4 heteroatoms. The van der Waals surface area contributed by atoms with Gasteiger partial charge in [0.2, 0.25) is 0 Å². The maximum absolute atomic E-state index is 5.29. The van der Waals surface area contributed by atoms with E-state index in [-0.39, 0.29) is 0 Å². The van der Waals surface area contributed by atoms with Crippen LogP contribution in [0.15, 0.2) is 146 Å². The fraction of sp³-hybridized carbons (Fsp3) is 0.0244. The summed E-state index contributed by atoms with van der Waals surface area (Å²) in [5.41, 5.74) is 9.83. The summed E-state index contributed by atoms with van der Waals surface area (Å²) in [6.07, 6.45) is 4.16. The molecule has 3 aromatic heterocycles. The standard InChI is InChI=1S/C41H28N4/c1-2-12-27(13-3-1)40-29-15-4-6-17-31(29)41(32-18-7-5-16-30(32)40)36-21-10-19-34(43-36)35-20-11-23-39(44-35)45-37-22-9-8-14-28(37)33-26-42-25-24-38(33)45/h1-25,42H,26H2. The van der Waals surface area contributed by atoms with E-state index in [1.807, 2.05) is 6.20 Å². The maximum atomic E-state index is 5.29. The highest BCUT2D eigenvalue weighted by Gasteiger charge is 2.20. The Bertz CT molecular complexity index is 2380. The second kappa shape index (κ2) is 10.3. The van der Waals surface area contributed by atoms with E-state index >= 15 is 0 Å². The van der Waals surface area contributed by atoms with Gasteiger partial charge in [-0.05, 0) is 75.3 Å². The summed E-state index contributed by atoms with van der Waals surface area (Å²) in [6, 6.07) is 49.1. The second-order valence-corrected chi connectivity index (χ2v) is 11.4. The average molecular weight is 577 g/mol. The molecular weight excluding hydrogens is 548 g/mol. The van der Waals surface area contributed by atoms with Crippen LogP contribution >= 0.6 is 0 Å². The highest BCUT2D eigenvalue weighted by atomic mass is 15.1. The molecule has 1 aliphatic rings. The predicted octanol–water partition coefficient (Wildman–Crippen LogP) is 9.80. The Morgan fingerprint density at radius 1 is 0.489 bits per heavy atom. The second-order valence-electron chi connectivity index (χ2n) is 11.4. The topological polar surface area (TPSA) is 42.7 Å². The van der Waals surface area contributed by atoms with Gasteiger partial charge in [-0.1, -0.05) is 109 Å². The van der Waals surface area contributed by atoms with Gasteiger partial charge in [0.15, 0.2) is 0 Å². The molecule has 0 bridgehead atoms. The number of nitrogens with one attached hydrogen (secondary N) is 1. The number of nitrogens with zero attached hydrogens (tertiary/aromatic N) is 3. The van der Waals surface area contributed by atoms with Gasteiger partial charge in [0, 0.05) is 23.1 Å². The van der Waals surface area contributed by atoms with E-state index in [9.17, 15) is 0 Å². The van der Waals surface area contributed by atoms with Crippen LogP contribution in [-0.4, -0.2) is 14.5 Å². The van der Waals surface area contributed by atoms with Gasteiger partial charge < -0.3 is 5.32 Å². The Hall–Kier alpha value is -6.00. The minimum absolute atomic E-state index is 0.799. The molecule has 0 fully saturated rings. The van der Waals surface area contributed by atoms with Crippen LogP contribution in [0, 0.1) is 0 Å². The largest absolute Gasteiger partial charge is 0.387 e. The lowest BCUT2D eigenvalue weighted by molar-refractivity contribution is 0.852. The first-order chi connectivity index (χ1) is 22.3. The summed E-state index contributed by atoms with van der Waals surface area (Å²) >= 11 is 0. The van der Waals surface area contributed by atoms with Crippen molar-refractivity contribution < 1.29 is 0 Å². The Morgan fingerprint density at radius 3 is 1.80 bits per heavy atom. The van der Waals surface area contributed by atoms with Gasteiger partial charge in [0.25, 0.3) is 0 Å². The number of rotatable bonds is 4. The van der Waals surface area contributed by atoms with Crippen LogP contribution in [0.2, 0.25) is 0 Å². The lowest BCUT2D eigenvalue weighted by Crippen LogP contribution is -2.11. The zero-order chi connectivity index (χ0) is 29.7. The Labute approximate surface area is 261 Å². The molecule has 4 nitrogen and oxygen atoms in total. The first-order valence-corrected chi connectivity index (χ1v) is 15.3. The van der Waals surface area contributed by atoms with E-state index in [4.69, 9.17) is 9.97 Å². The monoisotopic (exact) mass is 576 g/mol. The maximum Gasteiger partial charge on any atom is 0.138 e. The van der Waals surface area contributed by atoms with E-state index < -0.39 is 0 Å². The summed E-state index contributed by atoms with van der Waals surface area (Å²) in [6.45, 7) is 0.799. The molecule has 0 saturated carbocycles. The molecule has 0 amide bonds. The van der Waals surface area contributed by atoms with Crippen molar-refractivity contribution in [1.29, 1.82) is 0 Å². The van der Waals surface area contributed by atoms with Crippen molar-refractivity contribution in [2.24, 2.45) is 0 Å². The van der Waals surface area contributed by atoms with Crippen molar-refractivity contribution in [2.75, 3.05) is 0 Å². The summed E-state index contributed by atoms with van der Waals surface area (Å²) in [5.74, 6) is 0.881. The quantitative estimate of drug-likeness (QED) is 0.212. The normalized spacial score (nSPS) is 12.4. The van der Waals surface area contributed by atoms with Gasteiger partial charge in [0.1, 0.15) is 5.82 Å². The number of pyridine rings is 2. The number of benzene rings is 5. The molecular formula is C41H28N4. The molecule has 0 saturated heterocycles. The fourth-order valence-corrected chi connectivity index (χ4v) is 6.96. The van der Waals surface area contributed by atoms with Gasteiger partial charge in [0.05, 0.1) is 28.3 Å². The number of hydrogen-bond acceptors (Lipinski definition) is 3. The minimum Gasteiger partial charge on any atom is -0.387 e. The highest BCUT2D eigenvalue weighted by Crippen LogP contribution is 2.43. The van der Waals surface area contributed by atoms with Crippen molar-refractivity contribution in [2.45, 2.75) is 6.54 Å². The highest BCUT2D eigenvalue weighted by molar-refractivity contribution is 6.21. The summed E-state index contributed by atoms with van der Waals surface area (Å²) in [4.78, 5) is 10.5. The molecule has 0 aliphatic carbocycles. The lowest BCUT2D eigenvalue weighted by Gasteiger charge is -2.17. The predicted molar refractivity (Wildman–Crippen MR) is 186 cm³/mol. The smallest absolute Gasteiger partial charge is 0.138 e.